The highest BCUT2D eigenvalue weighted by molar-refractivity contribution is 5.79. The van der Waals surface area contributed by atoms with Crippen molar-refractivity contribution in [3.05, 3.63) is 59.7 Å². The van der Waals surface area contributed by atoms with Gasteiger partial charge in [0.1, 0.15) is 6.61 Å². The zero-order valence-corrected chi connectivity index (χ0v) is 16.1. The van der Waals surface area contributed by atoms with Crippen LogP contribution in [0.25, 0.3) is 11.1 Å². The molecule has 2 aromatic carbocycles. The minimum absolute atomic E-state index is 0.0941. The lowest BCUT2D eigenvalue weighted by Gasteiger charge is -2.32. The van der Waals surface area contributed by atoms with Crippen LogP contribution in [-0.4, -0.2) is 43.3 Å². The number of likely N-dealkylation sites (tertiary alicyclic amines) is 1. The van der Waals surface area contributed by atoms with Gasteiger partial charge in [0.15, 0.2) is 0 Å². The SMILES string of the molecule is C#CCCN1CCCC(NC(=O)OCC2c3ccccc3-c3ccccc32)C1. The predicted molar refractivity (Wildman–Crippen MR) is 111 cm³/mol. The fourth-order valence-corrected chi connectivity index (χ4v) is 4.41. The zero-order valence-electron chi connectivity index (χ0n) is 16.1. The van der Waals surface area contributed by atoms with Crippen LogP contribution in [0.1, 0.15) is 36.3 Å². The summed E-state index contributed by atoms with van der Waals surface area (Å²) in [6.45, 7) is 3.13. The van der Waals surface area contributed by atoms with E-state index in [1.54, 1.807) is 0 Å². The Bertz CT molecular complexity index is 841. The number of rotatable bonds is 5. The van der Waals surface area contributed by atoms with Crippen molar-refractivity contribution in [2.45, 2.75) is 31.2 Å². The van der Waals surface area contributed by atoms with Crippen LogP contribution in [0.15, 0.2) is 48.5 Å². The van der Waals surface area contributed by atoms with Gasteiger partial charge in [-0.2, -0.15) is 0 Å². The van der Waals surface area contributed by atoms with Crippen molar-refractivity contribution in [3.8, 4) is 23.5 Å². The molecule has 4 nitrogen and oxygen atoms in total. The molecule has 28 heavy (non-hydrogen) atoms. The van der Waals surface area contributed by atoms with E-state index in [9.17, 15) is 4.79 Å². The summed E-state index contributed by atoms with van der Waals surface area (Å²) < 4.78 is 5.66. The van der Waals surface area contributed by atoms with Crippen molar-refractivity contribution in [2.24, 2.45) is 0 Å². The number of nitrogens with one attached hydrogen (secondary N) is 1. The minimum atomic E-state index is -0.328. The molecule has 2 aliphatic rings. The fourth-order valence-electron chi connectivity index (χ4n) is 4.41. The number of alkyl carbamates (subject to hydrolysis) is 1. The maximum Gasteiger partial charge on any atom is 0.407 e. The maximum absolute atomic E-state index is 12.4. The van der Waals surface area contributed by atoms with Crippen molar-refractivity contribution in [1.29, 1.82) is 0 Å². The van der Waals surface area contributed by atoms with Crippen LogP contribution in [0, 0.1) is 12.3 Å². The molecule has 1 aliphatic carbocycles. The summed E-state index contributed by atoms with van der Waals surface area (Å²) in [6.07, 6.45) is 7.83. The molecule has 0 aromatic heterocycles. The van der Waals surface area contributed by atoms with Crippen LogP contribution >= 0.6 is 0 Å². The average Bonchev–Trinajstić information content (AvgIpc) is 3.05. The van der Waals surface area contributed by atoms with E-state index in [0.717, 1.165) is 38.9 Å². The quantitative estimate of drug-likeness (QED) is 0.804. The molecule has 1 fully saturated rings. The summed E-state index contributed by atoms with van der Waals surface area (Å²) in [4.78, 5) is 14.7. The highest BCUT2D eigenvalue weighted by Crippen LogP contribution is 2.44. The number of hydrogen-bond donors (Lipinski definition) is 1. The van der Waals surface area contributed by atoms with Crippen molar-refractivity contribution < 1.29 is 9.53 Å². The van der Waals surface area contributed by atoms with E-state index < -0.39 is 0 Å². The first-order valence-electron chi connectivity index (χ1n) is 10.0. The Morgan fingerprint density at radius 3 is 2.50 bits per heavy atom. The first-order valence-corrected chi connectivity index (χ1v) is 10.0. The molecule has 4 heteroatoms. The van der Waals surface area contributed by atoms with E-state index in [1.165, 1.54) is 22.3 Å². The van der Waals surface area contributed by atoms with E-state index in [-0.39, 0.29) is 18.1 Å². The standard InChI is InChI=1S/C24H26N2O2/c1-2-3-14-26-15-8-9-18(16-26)25-24(27)28-17-23-21-12-6-4-10-19(21)20-11-5-7-13-22(20)23/h1,4-7,10-13,18,23H,3,8-9,14-17H2,(H,25,27). The lowest BCUT2D eigenvalue weighted by molar-refractivity contribution is 0.127. The largest absolute Gasteiger partial charge is 0.449 e. The van der Waals surface area contributed by atoms with Gasteiger partial charge >= 0.3 is 6.09 Å². The summed E-state index contributed by atoms with van der Waals surface area (Å²) in [7, 11) is 0. The van der Waals surface area contributed by atoms with Gasteiger partial charge in [-0.25, -0.2) is 4.79 Å². The van der Waals surface area contributed by atoms with Crippen LogP contribution in [0.5, 0.6) is 0 Å². The summed E-state index contributed by atoms with van der Waals surface area (Å²) in [5.41, 5.74) is 4.94. The lowest BCUT2D eigenvalue weighted by atomic mass is 9.98. The van der Waals surface area contributed by atoms with Gasteiger partial charge in [-0.3, -0.25) is 0 Å². The number of hydrogen-bond acceptors (Lipinski definition) is 3. The highest BCUT2D eigenvalue weighted by atomic mass is 16.5. The molecule has 1 unspecified atom stereocenters. The van der Waals surface area contributed by atoms with E-state index in [2.05, 4.69) is 52.5 Å². The molecular formula is C24H26N2O2. The van der Waals surface area contributed by atoms with Crippen molar-refractivity contribution in [1.82, 2.24) is 10.2 Å². The van der Waals surface area contributed by atoms with Crippen LogP contribution in [0.3, 0.4) is 0 Å². The molecule has 0 spiro atoms. The van der Waals surface area contributed by atoms with Gasteiger partial charge < -0.3 is 15.0 Å². The number of terminal acetylenes is 1. The van der Waals surface area contributed by atoms with Gasteiger partial charge in [0.25, 0.3) is 0 Å². The Balaban J connectivity index is 1.36. The summed E-state index contributed by atoms with van der Waals surface area (Å²) in [5, 5.41) is 3.04. The van der Waals surface area contributed by atoms with Gasteiger partial charge in [0.05, 0.1) is 0 Å². The molecule has 1 amide bonds. The third-order valence-electron chi connectivity index (χ3n) is 5.74. The van der Waals surface area contributed by atoms with E-state index in [1.807, 2.05) is 12.1 Å². The highest BCUT2D eigenvalue weighted by Gasteiger charge is 2.29. The average molecular weight is 374 g/mol. The number of carbonyl (C=O) groups is 1. The van der Waals surface area contributed by atoms with Gasteiger partial charge in [0, 0.05) is 31.5 Å². The smallest absolute Gasteiger partial charge is 0.407 e. The molecule has 1 saturated heterocycles. The molecular weight excluding hydrogens is 348 g/mol. The van der Waals surface area contributed by atoms with Crippen LogP contribution in [-0.2, 0) is 4.74 Å². The van der Waals surface area contributed by atoms with E-state index >= 15 is 0 Å². The number of piperidine rings is 1. The minimum Gasteiger partial charge on any atom is -0.449 e. The first kappa shape index (κ1) is 18.6. The number of ether oxygens (including phenoxy) is 1. The summed E-state index contributed by atoms with van der Waals surface area (Å²) >= 11 is 0. The number of amides is 1. The molecule has 1 heterocycles. The van der Waals surface area contributed by atoms with E-state index in [4.69, 9.17) is 11.2 Å². The molecule has 144 valence electrons. The second-order valence-corrected chi connectivity index (χ2v) is 7.56. The molecule has 2 aromatic rings. The normalized spacial score (nSPS) is 18.8. The monoisotopic (exact) mass is 374 g/mol. The lowest BCUT2D eigenvalue weighted by Crippen LogP contribution is -2.48. The van der Waals surface area contributed by atoms with Gasteiger partial charge in [-0.05, 0) is 41.6 Å². The number of benzene rings is 2. The fraction of sp³-hybridized carbons (Fsp3) is 0.375. The molecule has 1 aliphatic heterocycles. The molecule has 1 atom stereocenters. The molecule has 0 saturated carbocycles. The molecule has 4 rings (SSSR count). The number of fused-ring (bicyclic) bond motifs is 3. The summed E-state index contributed by atoms with van der Waals surface area (Å²) in [5.74, 6) is 2.78. The third kappa shape index (κ3) is 3.90. The van der Waals surface area contributed by atoms with Gasteiger partial charge in [-0.15, -0.1) is 12.3 Å². The number of nitrogens with zero attached hydrogens (tertiary/aromatic N) is 1. The van der Waals surface area contributed by atoms with E-state index in [0.29, 0.717) is 6.61 Å². The second-order valence-electron chi connectivity index (χ2n) is 7.56. The Morgan fingerprint density at radius 1 is 1.14 bits per heavy atom. The first-order chi connectivity index (χ1) is 13.8. The van der Waals surface area contributed by atoms with Crippen molar-refractivity contribution in [2.75, 3.05) is 26.2 Å². The maximum atomic E-state index is 12.4. The molecule has 0 bridgehead atoms. The Labute approximate surface area is 166 Å². The number of carbonyl (C=O) groups excluding carboxylic acids is 1. The Morgan fingerprint density at radius 2 is 1.82 bits per heavy atom. The van der Waals surface area contributed by atoms with Gasteiger partial charge in [0.2, 0.25) is 0 Å². The Hall–Kier alpha value is -2.77. The Kier molecular flexibility index (Phi) is 5.64. The summed E-state index contributed by atoms with van der Waals surface area (Å²) in [6, 6.07) is 16.9. The topological polar surface area (TPSA) is 41.6 Å². The molecule has 1 N–H and O–H groups in total. The van der Waals surface area contributed by atoms with Crippen molar-refractivity contribution in [3.63, 3.8) is 0 Å². The van der Waals surface area contributed by atoms with Gasteiger partial charge in [-0.1, -0.05) is 48.5 Å². The third-order valence-corrected chi connectivity index (χ3v) is 5.74. The van der Waals surface area contributed by atoms with Crippen LogP contribution in [0.4, 0.5) is 4.79 Å². The van der Waals surface area contributed by atoms with Crippen LogP contribution < -0.4 is 5.32 Å². The van der Waals surface area contributed by atoms with Crippen LogP contribution in [0.2, 0.25) is 0 Å². The van der Waals surface area contributed by atoms with Crippen molar-refractivity contribution >= 4 is 6.09 Å². The second kappa shape index (κ2) is 8.50. The zero-order chi connectivity index (χ0) is 19.3. The predicted octanol–water partition coefficient (Wildman–Crippen LogP) is 4.01. The molecule has 0 radical (unpaired) electrons.